The van der Waals surface area contributed by atoms with Crippen molar-refractivity contribution in [3.05, 3.63) is 60.2 Å². The van der Waals surface area contributed by atoms with E-state index in [4.69, 9.17) is 0 Å². The van der Waals surface area contributed by atoms with Gasteiger partial charge in [0, 0.05) is 23.0 Å². The van der Waals surface area contributed by atoms with Crippen LogP contribution in [-0.2, 0) is 0 Å². The van der Waals surface area contributed by atoms with Crippen LogP contribution in [0.2, 0.25) is 0 Å². The molecule has 0 radical (unpaired) electrons. The number of para-hydroxylation sites is 1. The van der Waals surface area contributed by atoms with Gasteiger partial charge in [0.15, 0.2) is 0 Å². The zero-order valence-electron chi connectivity index (χ0n) is 13.3. The molecule has 120 valence electrons. The number of anilines is 2. The largest absolute Gasteiger partial charge is 0.350 e. The molecular weight excluding hydrogens is 290 g/mol. The lowest BCUT2D eigenvalue weighted by molar-refractivity contribution is 0.0939. The average Bonchev–Trinajstić information content (AvgIpc) is 2.55. The summed E-state index contributed by atoms with van der Waals surface area (Å²) in [7, 11) is 0. The Labute approximate surface area is 136 Å². The second kappa shape index (κ2) is 7.98. The molecule has 0 unspecified atom stereocenters. The molecule has 3 N–H and O–H groups in total. The van der Waals surface area contributed by atoms with Crippen LogP contribution in [0.1, 0.15) is 30.6 Å². The van der Waals surface area contributed by atoms with Gasteiger partial charge in [-0.15, -0.1) is 0 Å². The van der Waals surface area contributed by atoms with Crippen molar-refractivity contribution in [1.29, 1.82) is 0 Å². The van der Waals surface area contributed by atoms with Crippen molar-refractivity contribution in [3.63, 3.8) is 0 Å². The first-order valence-electron chi connectivity index (χ1n) is 7.62. The molecule has 0 aliphatic heterocycles. The Balaban J connectivity index is 1.99. The van der Waals surface area contributed by atoms with E-state index in [2.05, 4.69) is 16.0 Å². The van der Waals surface area contributed by atoms with Crippen LogP contribution in [0.5, 0.6) is 0 Å². The van der Waals surface area contributed by atoms with Crippen molar-refractivity contribution in [3.8, 4) is 0 Å². The van der Waals surface area contributed by atoms with Crippen LogP contribution < -0.4 is 16.0 Å². The highest BCUT2D eigenvalue weighted by Crippen LogP contribution is 2.12. The van der Waals surface area contributed by atoms with Gasteiger partial charge in [-0.25, -0.2) is 4.79 Å². The number of urea groups is 1. The lowest BCUT2D eigenvalue weighted by Crippen LogP contribution is -2.32. The summed E-state index contributed by atoms with van der Waals surface area (Å²) in [6.07, 6.45) is 0.864. The Morgan fingerprint density at radius 3 is 2.30 bits per heavy atom. The minimum Gasteiger partial charge on any atom is -0.350 e. The summed E-state index contributed by atoms with van der Waals surface area (Å²) in [6, 6.07) is 15.8. The third-order valence-electron chi connectivity index (χ3n) is 3.40. The number of amides is 3. The molecule has 2 aromatic carbocycles. The Hall–Kier alpha value is -2.82. The minimum absolute atomic E-state index is 0.112. The standard InChI is InChI=1S/C18H21N3O2/c1-3-13(2)19-17(22)14-8-7-11-16(12-14)21-18(23)20-15-9-5-4-6-10-15/h4-13H,3H2,1-2H3,(H,19,22)(H2,20,21,23)/t13-/m1/s1. The van der Waals surface area contributed by atoms with Crippen molar-refractivity contribution in [2.45, 2.75) is 26.3 Å². The summed E-state index contributed by atoms with van der Waals surface area (Å²) in [6.45, 7) is 3.96. The first-order chi connectivity index (χ1) is 11.1. The number of nitrogens with one attached hydrogen (secondary N) is 3. The molecule has 0 heterocycles. The third kappa shape index (κ3) is 5.14. The molecule has 0 saturated heterocycles. The normalized spacial score (nSPS) is 11.4. The van der Waals surface area contributed by atoms with E-state index in [1.54, 1.807) is 36.4 Å². The summed E-state index contributed by atoms with van der Waals surface area (Å²) in [5.74, 6) is -0.147. The van der Waals surface area contributed by atoms with Gasteiger partial charge in [0.05, 0.1) is 0 Å². The van der Waals surface area contributed by atoms with Crippen molar-refractivity contribution < 1.29 is 9.59 Å². The fraction of sp³-hybridized carbons (Fsp3) is 0.222. The van der Waals surface area contributed by atoms with Gasteiger partial charge in [0.1, 0.15) is 0 Å². The fourth-order valence-corrected chi connectivity index (χ4v) is 1.96. The smallest absolute Gasteiger partial charge is 0.323 e. The van der Waals surface area contributed by atoms with E-state index in [-0.39, 0.29) is 18.0 Å². The van der Waals surface area contributed by atoms with Gasteiger partial charge in [0.2, 0.25) is 0 Å². The van der Waals surface area contributed by atoms with E-state index in [1.165, 1.54) is 0 Å². The highest BCUT2D eigenvalue weighted by Gasteiger charge is 2.10. The van der Waals surface area contributed by atoms with Crippen LogP contribution in [0.3, 0.4) is 0 Å². The molecule has 2 aromatic rings. The maximum absolute atomic E-state index is 12.1. The fourth-order valence-electron chi connectivity index (χ4n) is 1.96. The first kappa shape index (κ1) is 16.5. The molecule has 0 saturated carbocycles. The van der Waals surface area contributed by atoms with Gasteiger partial charge in [0.25, 0.3) is 5.91 Å². The number of rotatable bonds is 5. The molecule has 5 nitrogen and oxygen atoms in total. The molecule has 0 spiro atoms. The zero-order chi connectivity index (χ0) is 16.7. The molecule has 5 heteroatoms. The van der Waals surface area contributed by atoms with Crippen LogP contribution in [0.4, 0.5) is 16.2 Å². The summed E-state index contributed by atoms with van der Waals surface area (Å²) >= 11 is 0. The molecule has 0 aliphatic rings. The number of hydrogen-bond acceptors (Lipinski definition) is 2. The quantitative estimate of drug-likeness (QED) is 0.784. The topological polar surface area (TPSA) is 70.2 Å². The molecular formula is C18H21N3O2. The Kier molecular flexibility index (Phi) is 5.74. The van der Waals surface area contributed by atoms with E-state index in [9.17, 15) is 9.59 Å². The third-order valence-corrected chi connectivity index (χ3v) is 3.40. The lowest BCUT2D eigenvalue weighted by Gasteiger charge is -2.12. The van der Waals surface area contributed by atoms with Crippen molar-refractivity contribution in [2.75, 3.05) is 10.6 Å². The predicted molar refractivity (Wildman–Crippen MR) is 92.7 cm³/mol. The van der Waals surface area contributed by atoms with Crippen LogP contribution in [0.25, 0.3) is 0 Å². The van der Waals surface area contributed by atoms with Crippen molar-refractivity contribution >= 4 is 23.3 Å². The van der Waals surface area contributed by atoms with E-state index in [0.29, 0.717) is 16.9 Å². The van der Waals surface area contributed by atoms with Gasteiger partial charge in [-0.2, -0.15) is 0 Å². The number of hydrogen-bond donors (Lipinski definition) is 3. The molecule has 0 fully saturated rings. The summed E-state index contributed by atoms with van der Waals surface area (Å²) in [5.41, 5.74) is 1.79. The van der Waals surface area contributed by atoms with Gasteiger partial charge < -0.3 is 16.0 Å². The molecule has 0 bridgehead atoms. The van der Waals surface area contributed by atoms with Crippen LogP contribution >= 0.6 is 0 Å². The maximum Gasteiger partial charge on any atom is 0.323 e. The van der Waals surface area contributed by atoms with Crippen LogP contribution in [0.15, 0.2) is 54.6 Å². The summed E-state index contributed by atoms with van der Waals surface area (Å²) in [4.78, 5) is 24.1. The Morgan fingerprint density at radius 1 is 0.957 bits per heavy atom. The van der Waals surface area contributed by atoms with E-state index in [1.807, 2.05) is 32.0 Å². The van der Waals surface area contributed by atoms with E-state index in [0.717, 1.165) is 6.42 Å². The van der Waals surface area contributed by atoms with Gasteiger partial charge in [-0.3, -0.25) is 4.79 Å². The highest BCUT2D eigenvalue weighted by molar-refractivity contribution is 6.01. The van der Waals surface area contributed by atoms with Crippen molar-refractivity contribution in [2.24, 2.45) is 0 Å². The molecule has 2 rings (SSSR count). The second-order valence-corrected chi connectivity index (χ2v) is 5.31. The summed E-state index contributed by atoms with van der Waals surface area (Å²) < 4.78 is 0. The highest BCUT2D eigenvalue weighted by atomic mass is 16.2. The first-order valence-corrected chi connectivity index (χ1v) is 7.62. The zero-order valence-corrected chi connectivity index (χ0v) is 13.3. The monoisotopic (exact) mass is 311 g/mol. The van der Waals surface area contributed by atoms with E-state index >= 15 is 0 Å². The summed E-state index contributed by atoms with van der Waals surface area (Å²) in [5, 5.41) is 8.35. The Morgan fingerprint density at radius 2 is 1.61 bits per heavy atom. The van der Waals surface area contributed by atoms with Gasteiger partial charge >= 0.3 is 6.03 Å². The average molecular weight is 311 g/mol. The molecule has 23 heavy (non-hydrogen) atoms. The second-order valence-electron chi connectivity index (χ2n) is 5.31. The lowest BCUT2D eigenvalue weighted by atomic mass is 10.1. The van der Waals surface area contributed by atoms with Gasteiger partial charge in [-0.1, -0.05) is 31.2 Å². The van der Waals surface area contributed by atoms with E-state index < -0.39 is 0 Å². The van der Waals surface area contributed by atoms with Gasteiger partial charge in [-0.05, 0) is 43.7 Å². The number of carbonyl (C=O) groups is 2. The SMILES string of the molecule is CC[C@@H](C)NC(=O)c1cccc(NC(=O)Nc2ccccc2)c1. The number of benzene rings is 2. The predicted octanol–water partition coefficient (Wildman–Crippen LogP) is 3.86. The minimum atomic E-state index is -0.351. The van der Waals surface area contributed by atoms with Crippen molar-refractivity contribution in [1.82, 2.24) is 5.32 Å². The van der Waals surface area contributed by atoms with Crippen LogP contribution in [0, 0.1) is 0 Å². The molecule has 0 aliphatic carbocycles. The molecule has 0 aromatic heterocycles. The maximum atomic E-state index is 12.1. The number of carbonyl (C=O) groups excluding carboxylic acids is 2. The van der Waals surface area contributed by atoms with Crippen LogP contribution in [-0.4, -0.2) is 18.0 Å². The molecule has 3 amide bonds. The Bertz CT molecular complexity index is 671. The molecule has 1 atom stereocenters.